The molecule has 0 radical (unpaired) electrons. The second-order valence-electron chi connectivity index (χ2n) is 8.16. The Morgan fingerprint density at radius 3 is 2.32 bits per heavy atom. The van der Waals surface area contributed by atoms with Crippen molar-refractivity contribution in [3.05, 3.63) is 0 Å². The molecule has 3 aliphatic heterocycles. The van der Waals surface area contributed by atoms with Gasteiger partial charge in [0.2, 0.25) is 0 Å². The van der Waals surface area contributed by atoms with E-state index in [1.807, 2.05) is 0 Å². The second kappa shape index (κ2) is 8.33. The summed E-state index contributed by atoms with van der Waals surface area (Å²) in [5, 5.41) is 3.32. The molecule has 3 saturated heterocycles. The van der Waals surface area contributed by atoms with Crippen LogP contribution in [0.4, 0.5) is 0 Å². The summed E-state index contributed by atoms with van der Waals surface area (Å²) < 4.78 is 11.5. The van der Waals surface area contributed by atoms with Crippen molar-refractivity contribution < 1.29 is 14.3 Å². The van der Waals surface area contributed by atoms with Crippen LogP contribution in [0.3, 0.4) is 0 Å². The first-order valence-corrected chi connectivity index (χ1v) is 9.95. The molecule has 3 heterocycles. The highest BCUT2D eigenvalue weighted by Crippen LogP contribution is 2.28. The Hall–Kier alpha value is -0.690. The monoisotopic (exact) mass is 353 g/mol. The number of carbonyl (C=O) groups excluding carboxylic acids is 1. The average Bonchev–Trinajstić information content (AvgIpc) is 2.61. The van der Waals surface area contributed by atoms with Gasteiger partial charge in [-0.05, 0) is 58.5 Å². The normalized spacial score (nSPS) is 31.9. The van der Waals surface area contributed by atoms with E-state index in [0.29, 0.717) is 18.1 Å². The molecule has 2 unspecified atom stereocenters. The molecule has 0 saturated carbocycles. The van der Waals surface area contributed by atoms with E-state index >= 15 is 0 Å². The predicted molar refractivity (Wildman–Crippen MR) is 97.6 cm³/mol. The van der Waals surface area contributed by atoms with Crippen LogP contribution in [0, 0.1) is 5.92 Å². The van der Waals surface area contributed by atoms with E-state index in [-0.39, 0.29) is 5.91 Å². The lowest BCUT2D eigenvalue weighted by molar-refractivity contribution is -0.160. The predicted octanol–water partition coefficient (Wildman–Crippen LogP) is 1.10. The number of amides is 1. The highest BCUT2D eigenvalue weighted by atomic mass is 16.5. The Bertz CT molecular complexity index is 435. The number of morpholine rings is 1. The minimum Gasteiger partial charge on any atom is -0.373 e. The van der Waals surface area contributed by atoms with Gasteiger partial charge in [0.25, 0.3) is 5.91 Å². The Kier molecular flexibility index (Phi) is 6.36. The lowest BCUT2D eigenvalue weighted by Gasteiger charge is -2.43. The Morgan fingerprint density at radius 1 is 1.16 bits per heavy atom. The lowest BCUT2D eigenvalue weighted by Crippen LogP contribution is -2.57. The van der Waals surface area contributed by atoms with Crippen molar-refractivity contribution in [2.75, 3.05) is 52.9 Å². The summed E-state index contributed by atoms with van der Waals surface area (Å²) in [6.45, 7) is 11.0. The zero-order valence-corrected chi connectivity index (χ0v) is 16.1. The molecule has 1 N–H and O–H groups in total. The molecule has 3 aliphatic rings. The number of methoxy groups -OCH3 is 1. The molecule has 0 aromatic rings. The van der Waals surface area contributed by atoms with Crippen molar-refractivity contribution in [3.63, 3.8) is 0 Å². The number of hydrogen-bond donors (Lipinski definition) is 1. The van der Waals surface area contributed by atoms with Gasteiger partial charge in [0.1, 0.15) is 5.60 Å². The van der Waals surface area contributed by atoms with Gasteiger partial charge in [-0.15, -0.1) is 0 Å². The third-order valence-electron chi connectivity index (χ3n) is 6.11. The average molecular weight is 354 g/mol. The first kappa shape index (κ1) is 19.1. The summed E-state index contributed by atoms with van der Waals surface area (Å²) in [7, 11) is 1.69. The van der Waals surface area contributed by atoms with Crippen molar-refractivity contribution in [1.29, 1.82) is 0 Å². The molecule has 144 valence electrons. The van der Waals surface area contributed by atoms with E-state index in [4.69, 9.17) is 9.47 Å². The van der Waals surface area contributed by atoms with Crippen molar-refractivity contribution in [2.45, 2.75) is 57.3 Å². The number of nitrogens with one attached hydrogen (secondary N) is 1. The maximum atomic E-state index is 13.0. The smallest absolute Gasteiger partial charge is 0.254 e. The van der Waals surface area contributed by atoms with Crippen molar-refractivity contribution in [3.8, 4) is 0 Å². The fourth-order valence-electron chi connectivity index (χ4n) is 4.74. The zero-order valence-electron chi connectivity index (χ0n) is 16.1. The molecule has 0 aliphatic carbocycles. The Morgan fingerprint density at radius 2 is 1.76 bits per heavy atom. The molecule has 3 fully saturated rings. The largest absolute Gasteiger partial charge is 0.373 e. The first-order chi connectivity index (χ1) is 12.0. The quantitative estimate of drug-likeness (QED) is 0.820. The minimum absolute atomic E-state index is 0.212. The molecular formula is C19H35N3O3. The van der Waals surface area contributed by atoms with Gasteiger partial charge in [-0.1, -0.05) is 0 Å². The van der Waals surface area contributed by atoms with Crippen LogP contribution in [0.15, 0.2) is 0 Å². The first-order valence-electron chi connectivity index (χ1n) is 9.95. The molecular weight excluding hydrogens is 318 g/mol. The van der Waals surface area contributed by atoms with Gasteiger partial charge in [-0.25, -0.2) is 0 Å². The minimum atomic E-state index is -0.590. The third-order valence-corrected chi connectivity index (χ3v) is 6.11. The van der Waals surface area contributed by atoms with Crippen molar-refractivity contribution in [2.24, 2.45) is 5.92 Å². The summed E-state index contributed by atoms with van der Waals surface area (Å²) in [6.07, 6.45) is 4.42. The van der Waals surface area contributed by atoms with Gasteiger partial charge >= 0.3 is 0 Å². The molecule has 25 heavy (non-hydrogen) atoms. The maximum absolute atomic E-state index is 13.0. The molecule has 3 rings (SSSR count). The van der Waals surface area contributed by atoms with Crippen molar-refractivity contribution >= 4 is 5.91 Å². The van der Waals surface area contributed by atoms with Gasteiger partial charge in [0.15, 0.2) is 0 Å². The van der Waals surface area contributed by atoms with Crippen LogP contribution in [0.5, 0.6) is 0 Å². The van der Waals surface area contributed by atoms with Crippen LogP contribution < -0.4 is 5.32 Å². The summed E-state index contributed by atoms with van der Waals surface area (Å²) in [4.78, 5) is 17.6. The van der Waals surface area contributed by atoms with Crippen LogP contribution >= 0.6 is 0 Å². The molecule has 0 spiro atoms. The number of hydrogen-bond acceptors (Lipinski definition) is 5. The van der Waals surface area contributed by atoms with Crippen molar-refractivity contribution in [1.82, 2.24) is 15.1 Å². The molecule has 1 amide bonds. The van der Waals surface area contributed by atoms with Crippen LogP contribution in [0.1, 0.15) is 39.5 Å². The van der Waals surface area contributed by atoms with Crippen LogP contribution in [-0.4, -0.2) is 86.4 Å². The van der Waals surface area contributed by atoms with Gasteiger partial charge in [-0.2, -0.15) is 0 Å². The zero-order chi connectivity index (χ0) is 17.9. The molecule has 6 nitrogen and oxygen atoms in total. The second-order valence-corrected chi connectivity index (χ2v) is 8.16. The van der Waals surface area contributed by atoms with Gasteiger partial charge < -0.3 is 19.7 Å². The highest BCUT2D eigenvalue weighted by Gasteiger charge is 2.43. The number of likely N-dealkylation sites (tertiary alicyclic amines) is 1. The fraction of sp³-hybridized carbons (Fsp3) is 0.947. The van der Waals surface area contributed by atoms with Crippen LogP contribution in [0.2, 0.25) is 0 Å². The molecule has 6 heteroatoms. The van der Waals surface area contributed by atoms with Gasteiger partial charge in [-0.3, -0.25) is 9.69 Å². The van der Waals surface area contributed by atoms with Gasteiger partial charge in [0, 0.05) is 39.8 Å². The summed E-state index contributed by atoms with van der Waals surface area (Å²) in [5.41, 5.74) is -0.590. The highest BCUT2D eigenvalue weighted by molar-refractivity contribution is 5.85. The van der Waals surface area contributed by atoms with E-state index in [9.17, 15) is 4.79 Å². The van der Waals surface area contributed by atoms with E-state index < -0.39 is 5.60 Å². The Labute approximate surface area is 152 Å². The third kappa shape index (κ3) is 4.54. The Balaban J connectivity index is 1.49. The number of carbonyl (C=O) groups is 1. The molecule has 0 aromatic carbocycles. The number of ether oxygens (including phenoxy) is 2. The van der Waals surface area contributed by atoms with E-state index in [0.717, 1.165) is 71.5 Å². The van der Waals surface area contributed by atoms with Gasteiger partial charge in [0.05, 0.1) is 12.2 Å². The maximum Gasteiger partial charge on any atom is 0.254 e. The van der Waals surface area contributed by atoms with Crippen LogP contribution in [0.25, 0.3) is 0 Å². The lowest BCUT2D eigenvalue weighted by atomic mass is 9.88. The van der Waals surface area contributed by atoms with E-state index in [2.05, 4.69) is 29.0 Å². The summed E-state index contributed by atoms with van der Waals surface area (Å²) in [5.74, 6) is 0.900. The molecule has 0 bridgehead atoms. The number of nitrogens with zero attached hydrogens (tertiary/aromatic N) is 2. The molecule has 2 atom stereocenters. The summed E-state index contributed by atoms with van der Waals surface area (Å²) in [6, 6.07) is 0. The summed E-state index contributed by atoms with van der Waals surface area (Å²) >= 11 is 0. The van der Waals surface area contributed by atoms with Crippen LogP contribution in [-0.2, 0) is 14.3 Å². The number of piperidine rings is 2. The molecule has 0 aromatic heterocycles. The van der Waals surface area contributed by atoms with E-state index in [1.165, 1.54) is 0 Å². The topological polar surface area (TPSA) is 54.0 Å². The van der Waals surface area contributed by atoms with E-state index in [1.54, 1.807) is 7.11 Å². The standard InChI is InChI=1S/C19H35N3O3/c1-15-12-21(13-16(2)25-15)14-17-4-10-22(11-5-17)18(23)19(24-3)6-8-20-9-7-19/h15-17,20H,4-14H2,1-3H3. The number of rotatable bonds is 4. The SMILES string of the molecule is COC1(C(=O)N2CCC(CN3CC(C)OC(C)C3)CC2)CCNCC1. The fourth-order valence-corrected chi connectivity index (χ4v) is 4.74.